The van der Waals surface area contributed by atoms with Crippen LogP contribution < -0.4 is 0 Å². The first-order valence-corrected chi connectivity index (χ1v) is 5.91. The molecule has 1 aliphatic rings. The fourth-order valence-electron chi connectivity index (χ4n) is 2.47. The van der Waals surface area contributed by atoms with Crippen molar-refractivity contribution in [2.75, 3.05) is 13.1 Å². The van der Waals surface area contributed by atoms with Crippen LogP contribution in [0.3, 0.4) is 0 Å². The van der Waals surface area contributed by atoms with Crippen molar-refractivity contribution in [3.63, 3.8) is 0 Å². The number of hydrogen-bond donors (Lipinski definition) is 0. The number of fused-ring (bicyclic) bond motifs is 1. The fourth-order valence-corrected chi connectivity index (χ4v) is 2.47. The van der Waals surface area contributed by atoms with Crippen molar-refractivity contribution in [2.24, 2.45) is 0 Å². The molecule has 0 spiro atoms. The van der Waals surface area contributed by atoms with Crippen LogP contribution in [-0.2, 0) is 13.0 Å². The first kappa shape index (κ1) is 11.3. The molecule has 0 fully saturated rings. The standard InChI is InChI=1S/C11H18N4O/c1-3-14(4-2)9-5-6-15-10(7-9)12-13-11(15)8-16/h8-9H,3-7H2,1-2H3. The van der Waals surface area contributed by atoms with E-state index in [1.54, 1.807) is 0 Å². The highest BCUT2D eigenvalue weighted by Gasteiger charge is 2.25. The Labute approximate surface area is 95.5 Å². The largest absolute Gasteiger partial charge is 0.309 e. The molecule has 5 heteroatoms. The van der Waals surface area contributed by atoms with Gasteiger partial charge in [0.15, 0.2) is 12.1 Å². The number of likely N-dealkylation sites (N-methyl/N-ethyl adjacent to an activating group) is 1. The molecule has 0 aliphatic carbocycles. The molecule has 1 aromatic heterocycles. The van der Waals surface area contributed by atoms with Crippen molar-refractivity contribution < 1.29 is 4.79 Å². The average molecular weight is 222 g/mol. The van der Waals surface area contributed by atoms with E-state index in [9.17, 15) is 4.79 Å². The molecule has 1 aliphatic heterocycles. The van der Waals surface area contributed by atoms with Crippen molar-refractivity contribution in [1.29, 1.82) is 0 Å². The molecule has 16 heavy (non-hydrogen) atoms. The lowest BCUT2D eigenvalue weighted by atomic mass is 10.0. The van der Waals surface area contributed by atoms with Gasteiger partial charge in [0, 0.05) is 19.0 Å². The molecule has 0 N–H and O–H groups in total. The van der Waals surface area contributed by atoms with Crippen LogP contribution in [0, 0.1) is 0 Å². The zero-order valence-electron chi connectivity index (χ0n) is 9.89. The Morgan fingerprint density at radius 2 is 2.19 bits per heavy atom. The first-order valence-electron chi connectivity index (χ1n) is 5.91. The summed E-state index contributed by atoms with van der Waals surface area (Å²) in [7, 11) is 0. The molecule has 1 aromatic rings. The molecule has 0 saturated heterocycles. The maximum Gasteiger partial charge on any atom is 0.196 e. The van der Waals surface area contributed by atoms with E-state index < -0.39 is 0 Å². The molecule has 0 saturated carbocycles. The zero-order valence-corrected chi connectivity index (χ0v) is 9.89. The molecular weight excluding hydrogens is 204 g/mol. The van der Waals surface area contributed by atoms with Gasteiger partial charge in [-0.15, -0.1) is 10.2 Å². The Hall–Kier alpha value is -1.23. The molecule has 0 amide bonds. The number of nitrogens with zero attached hydrogens (tertiary/aromatic N) is 4. The van der Waals surface area contributed by atoms with Crippen LogP contribution in [0.5, 0.6) is 0 Å². The average Bonchev–Trinajstić information content (AvgIpc) is 2.73. The molecule has 2 heterocycles. The van der Waals surface area contributed by atoms with E-state index >= 15 is 0 Å². The van der Waals surface area contributed by atoms with Crippen molar-refractivity contribution in [2.45, 2.75) is 39.3 Å². The fraction of sp³-hybridized carbons (Fsp3) is 0.727. The van der Waals surface area contributed by atoms with Gasteiger partial charge in [-0.25, -0.2) is 0 Å². The van der Waals surface area contributed by atoms with Gasteiger partial charge in [-0.05, 0) is 19.5 Å². The summed E-state index contributed by atoms with van der Waals surface area (Å²) in [6, 6.07) is 0.547. The SMILES string of the molecule is CCN(CC)C1CCn2c(C=O)nnc2C1. The third-order valence-electron chi connectivity index (χ3n) is 3.39. The van der Waals surface area contributed by atoms with Gasteiger partial charge >= 0.3 is 0 Å². The molecule has 5 nitrogen and oxygen atoms in total. The van der Waals surface area contributed by atoms with Crippen LogP contribution in [0.15, 0.2) is 0 Å². The van der Waals surface area contributed by atoms with Crippen LogP contribution in [0.2, 0.25) is 0 Å². The van der Waals surface area contributed by atoms with E-state index in [4.69, 9.17) is 0 Å². The van der Waals surface area contributed by atoms with Crippen LogP contribution >= 0.6 is 0 Å². The summed E-state index contributed by atoms with van der Waals surface area (Å²) in [6.45, 7) is 7.35. The van der Waals surface area contributed by atoms with Crippen LogP contribution in [0.4, 0.5) is 0 Å². The van der Waals surface area contributed by atoms with Crippen LogP contribution in [0.1, 0.15) is 36.7 Å². The van der Waals surface area contributed by atoms with Crippen molar-refractivity contribution in [1.82, 2.24) is 19.7 Å². The number of rotatable bonds is 4. The predicted molar refractivity (Wildman–Crippen MR) is 60.4 cm³/mol. The number of carbonyl (C=O) groups is 1. The second kappa shape index (κ2) is 4.74. The van der Waals surface area contributed by atoms with Gasteiger partial charge in [-0.2, -0.15) is 0 Å². The summed E-state index contributed by atoms with van der Waals surface area (Å²) in [4.78, 5) is 13.2. The summed E-state index contributed by atoms with van der Waals surface area (Å²) in [6.07, 6.45) is 2.77. The third kappa shape index (κ3) is 1.87. The highest BCUT2D eigenvalue weighted by atomic mass is 16.1. The maximum absolute atomic E-state index is 10.7. The molecule has 2 rings (SSSR count). The Bertz CT molecular complexity index is 370. The van der Waals surface area contributed by atoms with Gasteiger partial charge in [-0.3, -0.25) is 4.79 Å². The smallest absolute Gasteiger partial charge is 0.196 e. The van der Waals surface area contributed by atoms with E-state index in [1.807, 2.05) is 4.57 Å². The Kier molecular flexibility index (Phi) is 3.33. The van der Waals surface area contributed by atoms with Gasteiger partial charge in [-0.1, -0.05) is 13.8 Å². The van der Waals surface area contributed by atoms with Crippen molar-refractivity contribution in [3.8, 4) is 0 Å². The molecule has 0 radical (unpaired) electrons. The number of aromatic nitrogens is 3. The van der Waals surface area contributed by atoms with E-state index in [2.05, 4.69) is 28.9 Å². The number of carbonyl (C=O) groups excluding carboxylic acids is 1. The van der Waals surface area contributed by atoms with E-state index in [0.717, 1.165) is 44.6 Å². The summed E-state index contributed by atoms with van der Waals surface area (Å²) in [5.74, 6) is 1.42. The number of hydrogen-bond acceptors (Lipinski definition) is 4. The minimum Gasteiger partial charge on any atom is -0.309 e. The van der Waals surface area contributed by atoms with Crippen LogP contribution in [0.25, 0.3) is 0 Å². The van der Waals surface area contributed by atoms with E-state index in [0.29, 0.717) is 11.9 Å². The Morgan fingerprint density at radius 1 is 1.44 bits per heavy atom. The molecule has 0 aromatic carbocycles. The van der Waals surface area contributed by atoms with Gasteiger partial charge < -0.3 is 9.47 Å². The lowest BCUT2D eigenvalue weighted by Crippen LogP contribution is -2.40. The quantitative estimate of drug-likeness (QED) is 0.705. The monoisotopic (exact) mass is 222 g/mol. The van der Waals surface area contributed by atoms with Gasteiger partial charge in [0.2, 0.25) is 0 Å². The minimum absolute atomic E-state index is 0.466. The maximum atomic E-state index is 10.7. The zero-order chi connectivity index (χ0) is 11.5. The second-order valence-corrected chi connectivity index (χ2v) is 4.11. The first-order chi connectivity index (χ1) is 7.80. The highest BCUT2D eigenvalue weighted by molar-refractivity contribution is 5.69. The van der Waals surface area contributed by atoms with E-state index in [-0.39, 0.29) is 0 Å². The summed E-state index contributed by atoms with van der Waals surface area (Å²) in [5.41, 5.74) is 0. The molecule has 88 valence electrons. The number of aldehydes is 1. The predicted octanol–water partition coefficient (Wildman–Crippen LogP) is 0.747. The van der Waals surface area contributed by atoms with Crippen molar-refractivity contribution >= 4 is 6.29 Å². The molecular formula is C11H18N4O. The molecule has 1 unspecified atom stereocenters. The summed E-state index contributed by atoms with van der Waals surface area (Å²) in [5, 5.41) is 7.97. The van der Waals surface area contributed by atoms with E-state index in [1.165, 1.54) is 0 Å². The lowest BCUT2D eigenvalue weighted by Gasteiger charge is -2.32. The summed E-state index contributed by atoms with van der Waals surface area (Å²) >= 11 is 0. The molecule has 0 bridgehead atoms. The topological polar surface area (TPSA) is 51.0 Å². The third-order valence-corrected chi connectivity index (χ3v) is 3.39. The summed E-state index contributed by atoms with van der Waals surface area (Å²) < 4.78 is 1.94. The Balaban J connectivity index is 2.15. The van der Waals surface area contributed by atoms with Crippen LogP contribution in [-0.4, -0.2) is 45.1 Å². The lowest BCUT2D eigenvalue weighted by molar-refractivity contribution is 0.110. The van der Waals surface area contributed by atoms with Gasteiger partial charge in [0.1, 0.15) is 5.82 Å². The normalized spacial score (nSPS) is 19.8. The minimum atomic E-state index is 0.466. The van der Waals surface area contributed by atoms with Gasteiger partial charge in [0.25, 0.3) is 0 Å². The van der Waals surface area contributed by atoms with Gasteiger partial charge in [0.05, 0.1) is 0 Å². The second-order valence-electron chi connectivity index (χ2n) is 4.11. The highest BCUT2D eigenvalue weighted by Crippen LogP contribution is 2.18. The van der Waals surface area contributed by atoms with Crippen molar-refractivity contribution in [3.05, 3.63) is 11.6 Å². The Morgan fingerprint density at radius 3 is 2.81 bits per heavy atom. The molecule has 1 atom stereocenters.